The van der Waals surface area contributed by atoms with Gasteiger partial charge in [0.2, 0.25) is 0 Å². The van der Waals surface area contributed by atoms with E-state index in [-0.39, 0.29) is 5.41 Å². The van der Waals surface area contributed by atoms with Gasteiger partial charge in [0.25, 0.3) is 0 Å². The predicted molar refractivity (Wildman–Crippen MR) is 82.8 cm³/mol. The number of imidazole rings is 1. The van der Waals surface area contributed by atoms with Crippen molar-refractivity contribution in [2.75, 3.05) is 6.54 Å². The Hall–Kier alpha value is -0.830. The summed E-state index contributed by atoms with van der Waals surface area (Å²) in [6.07, 6.45) is 3.91. The summed E-state index contributed by atoms with van der Waals surface area (Å²) in [5, 5.41) is 3.46. The highest BCUT2D eigenvalue weighted by molar-refractivity contribution is 5.24. The summed E-state index contributed by atoms with van der Waals surface area (Å²) in [4.78, 5) is 4.99. The SMILES string of the molecule is CC(C)C1(Cn2c(C(C)(C)C)nc3c2CCNC3)CC1. The van der Waals surface area contributed by atoms with Crippen molar-refractivity contribution in [1.29, 1.82) is 0 Å². The third-order valence-corrected chi connectivity index (χ3v) is 5.25. The van der Waals surface area contributed by atoms with Crippen molar-refractivity contribution in [2.45, 2.75) is 72.4 Å². The molecule has 1 aliphatic heterocycles. The molecule has 1 aliphatic carbocycles. The molecule has 2 heterocycles. The van der Waals surface area contributed by atoms with Gasteiger partial charge in [-0.25, -0.2) is 4.98 Å². The summed E-state index contributed by atoms with van der Waals surface area (Å²) >= 11 is 0. The molecule has 3 nitrogen and oxygen atoms in total. The number of rotatable bonds is 3. The molecule has 20 heavy (non-hydrogen) atoms. The smallest absolute Gasteiger partial charge is 0.114 e. The van der Waals surface area contributed by atoms with Crippen molar-refractivity contribution in [3.63, 3.8) is 0 Å². The molecule has 112 valence electrons. The van der Waals surface area contributed by atoms with Gasteiger partial charge in [-0.3, -0.25) is 0 Å². The molecule has 1 N–H and O–H groups in total. The van der Waals surface area contributed by atoms with Gasteiger partial charge in [0.1, 0.15) is 5.82 Å². The lowest BCUT2D eigenvalue weighted by molar-refractivity contribution is 0.293. The Bertz CT molecular complexity index is 501. The third-order valence-electron chi connectivity index (χ3n) is 5.25. The minimum absolute atomic E-state index is 0.129. The molecule has 0 bridgehead atoms. The molecular formula is C17H29N3. The minimum Gasteiger partial charge on any atom is -0.331 e. The first kappa shape index (κ1) is 14.1. The first-order chi connectivity index (χ1) is 9.33. The Labute approximate surface area is 123 Å². The summed E-state index contributed by atoms with van der Waals surface area (Å²) in [7, 11) is 0. The van der Waals surface area contributed by atoms with E-state index in [1.165, 1.54) is 36.6 Å². The largest absolute Gasteiger partial charge is 0.331 e. The van der Waals surface area contributed by atoms with E-state index < -0.39 is 0 Å². The van der Waals surface area contributed by atoms with Crippen LogP contribution in [0.4, 0.5) is 0 Å². The molecule has 1 aromatic heterocycles. The summed E-state index contributed by atoms with van der Waals surface area (Å²) in [6, 6.07) is 0. The fourth-order valence-corrected chi connectivity index (χ4v) is 3.51. The molecule has 1 aromatic rings. The van der Waals surface area contributed by atoms with E-state index in [1.807, 2.05) is 0 Å². The van der Waals surface area contributed by atoms with Gasteiger partial charge in [0.15, 0.2) is 0 Å². The molecule has 3 heteroatoms. The first-order valence-electron chi connectivity index (χ1n) is 8.13. The quantitative estimate of drug-likeness (QED) is 0.917. The standard InChI is InChI=1S/C17H29N3/c1-12(2)17(7-8-17)11-20-14-6-9-18-10-13(14)19-15(20)16(3,4)5/h12,18H,6-11H2,1-5H3. The molecule has 0 saturated heterocycles. The Morgan fingerprint density at radius 1 is 1.30 bits per heavy atom. The van der Waals surface area contributed by atoms with Crippen LogP contribution in [0.5, 0.6) is 0 Å². The van der Waals surface area contributed by atoms with Crippen LogP contribution in [-0.4, -0.2) is 16.1 Å². The Morgan fingerprint density at radius 2 is 2.00 bits per heavy atom. The zero-order chi connectivity index (χ0) is 14.5. The summed E-state index contributed by atoms with van der Waals surface area (Å²) in [5.41, 5.74) is 3.46. The molecule has 0 atom stereocenters. The zero-order valence-corrected chi connectivity index (χ0v) is 13.7. The van der Waals surface area contributed by atoms with Crippen LogP contribution >= 0.6 is 0 Å². The molecule has 1 fully saturated rings. The van der Waals surface area contributed by atoms with Crippen LogP contribution in [-0.2, 0) is 24.9 Å². The van der Waals surface area contributed by atoms with Gasteiger partial charge in [-0.15, -0.1) is 0 Å². The van der Waals surface area contributed by atoms with Gasteiger partial charge < -0.3 is 9.88 Å². The minimum atomic E-state index is 0.129. The molecule has 0 amide bonds. The second-order valence-corrected chi connectivity index (χ2v) is 8.11. The van der Waals surface area contributed by atoms with Crippen LogP contribution in [0.1, 0.15) is 64.7 Å². The second-order valence-electron chi connectivity index (χ2n) is 8.11. The Kier molecular flexibility index (Phi) is 3.24. The average molecular weight is 275 g/mol. The van der Waals surface area contributed by atoms with Crippen LogP contribution in [0, 0.1) is 11.3 Å². The lowest BCUT2D eigenvalue weighted by Gasteiger charge is -2.27. The van der Waals surface area contributed by atoms with Crippen molar-refractivity contribution in [1.82, 2.24) is 14.9 Å². The van der Waals surface area contributed by atoms with E-state index in [2.05, 4.69) is 44.5 Å². The van der Waals surface area contributed by atoms with E-state index in [0.717, 1.165) is 25.4 Å². The van der Waals surface area contributed by atoms with Crippen molar-refractivity contribution in [3.05, 3.63) is 17.2 Å². The first-order valence-corrected chi connectivity index (χ1v) is 8.13. The maximum absolute atomic E-state index is 4.99. The lowest BCUT2D eigenvalue weighted by Crippen LogP contribution is -2.28. The molecule has 3 rings (SSSR count). The monoisotopic (exact) mass is 275 g/mol. The third kappa shape index (κ3) is 2.30. The summed E-state index contributed by atoms with van der Waals surface area (Å²) in [5.74, 6) is 2.06. The zero-order valence-electron chi connectivity index (χ0n) is 13.7. The van der Waals surface area contributed by atoms with E-state index in [0.29, 0.717) is 5.41 Å². The highest BCUT2D eigenvalue weighted by atomic mass is 15.1. The highest BCUT2D eigenvalue weighted by Crippen LogP contribution is 2.53. The van der Waals surface area contributed by atoms with Crippen molar-refractivity contribution < 1.29 is 0 Å². The van der Waals surface area contributed by atoms with E-state index in [1.54, 1.807) is 0 Å². The molecule has 0 aromatic carbocycles. The molecule has 0 radical (unpaired) electrons. The van der Waals surface area contributed by atoms with Gasteiger partial charge >= 0.3 is 0 Å². The highest BCUT2D eigenvalue weighted by Gasteiger charge is 2.46. The van der Waals surface area contributed by atoms with Gasteiger partial charge in [0.05, 0.1) is 5.69 Å². The van der Waals surface area contributed by atoms with Crippen LogP contribution in [0.25, 0.3) is 0 Å². The molecular weight excluding hydrogens is 246 g/mol. The number of fused-ring (bicyclic) bond motifs is 1. The fraction of sp³-hybridized carbons (Fsp3) is 0.824. The maximum Gasteiger partial charge on any atom is 0.114 e. The van der Waals surface area contributed by atoms with Crippen LogP contribution in [0.3, 0.4) is 0 Å². The van der Waals surface area contributed by atoms with Crippen molar-refractivity contribution >= 4 is 0 Å². The van der Waals surface area contributed by atoms with E-state index in [4.69, 9.17) is 4.98 Å². The number of nitrogens with zero attached hydrogens (tertiary/aromatic N) is 2. The number of hydrogen-bond donors (Lipinski definition) is 1. The number of hydrogen-bond acceptors (Lipinski definition) is 2. The summed E-state index contributed by atoms with van der Waals surface area (Å²) < 4.78 is 2.59. The van der Waals surface area contributed by atoms with E-state index in [9.17, 15) is 0 Å². The number of aromatic nitrogens is 2. The maximum atomic E-state index is 4.99. The molecule has 0 unspecified atom stereocenters. The molecule has 1 saturated carbocycles. The van der Waals surface area contributed by atoms with Crippen LogP contribution in [0.15, 0.2) is 0 Å². The van der Waals surface area contributed by atoms with Crippen LogP contribution < -0.4 is 5.32 Å². The fourth-order valence-electron chi connectivity index (χ4n) is 3.51. The van der Waals surface area contributed by atoms with Gasteiger partial charge in [-0.2, -0.15) is 0 Å². The number of nitrogens with one attached hydrogen (secondary N) is 1. The lowest BCUT2D eigenvalue weighted by atomic mass is 9.90. The van der Waals surface area contributed by atoms with Crippen molar-refractivity contribution in [3.8, 4) is 0 Å². The predicted octanol–water partition coefficient (Wildman–Crippen LogP) is 3.26. The van der Waals surface area contributed by atoms with Gasteiger partial charge in [-0.1, -0.05) is 34.6 Å². The van der Waals surface area contributed by atoms with Crippen LogP contribution in [0.2, 0.25) is 0 Å². The Morgan fingerprint density at radius 3 is 2.55 bits per heavy atom. The summed E-state index contributed by atoms with van der Waals surface area (Å²) in [6.45, 7) is 14.9. The molecule has 2 aliphatic rings. The second kappa shape index (κ2) is 4.59. The van der Waals surface area contributed by atoms with Gasteiger partial charge in [-0.05, 0) is 24.2 Å². The van der Waals surface area contributed by atoms with Gasteiger partial charge in [0, 0.05) is 37.2 Å². The van der Waals surface area contributed by atoms with E-state index >= 15 is 0 Å². The molecule has 0 spiro atoms. The Balaban J connectivity index is 2.01. The van der Waals surface area contributed by atoms with Crippen molar-refractivity contribution in [2.24, 2.45) is 11.3 Å². The topological polar surface area (TPSA) is 29.9 Å². The normalized spacial score (nSPS) is 21.1. The average Bonchev–Trinajstić information content (AvgIpc) is 3.05.